The van der Waals surface area contributed by atoms with Gasteiger partial charge in [0.1, 0.15) is 0 Å². The first kappa shape index (κ1) is 13.1. The molecule has 0 bridgehead atoms. The SMILES string of the molecule is CC1(O)CCCN(Cc2ccoc2C(=O)NN)C1. The predicted octanol–water partition coefficient (Wildman–Crippen LogP) is 0.230. The molecule has 0 radical (unpaired) electrons. The standard InChI is InChI=1S/C12H19N3O3/c1-12(17)4-2-5-15(8-12)7-9-3-6-18-10(9)11(16)14-13/h3,6,17H,2,4-5,7-8,13H2,1H3,(H,14,16). The molecule has 100 valence electrons. The monoisotopic (exact) mass is 253 g/mol. The molecule has 2 heterocycles. The third-order valence-corrected chi connectivity index (χ3v) is 3.23. The van der Waals surface area contributed by atoms with Gasteiger partial charge in [0.2, 0.25) is 0 Å². The van der Waals surface area contributed by atoms with Crippen molar-refractivity contribution in [1.82, 2.24) is 10.3 Å². The summed E-state index contributed by atoms with van der Waals surface area (Å²) in [4.78, 5) is 13.6. The summed E-state index contributed by atoms with van der Waals surface area (Å²) in [7, 11) is 0. The highest BCUT2D eigenvalue weighted by Gasteiger charge is 2.29. The number of nitrogen functional groups attached to an aromatic ring is 1. The fourth-order valence-electron chi connectivity index (χ4n) is 2.42. The number of likely N-dealkylation sites (tertiary alicyclic amines) is 1. The zero-order valence-corrected chi connectivity index (χ0v) is 10.5. The summed E-state index contributed by atoms with van der Waals surface area (Å²) >= 11 is 0. The van der Waals surface area contributed by atoms with Crippen LogP contribution in [0.15, 0.2) is 16.7 Å². The van der Waals surface area contributed by atoms with Gasteiger partial charge in [-0.2, -0.15) is 0 Å². The van der Waals surface area contributed by atoms with Crippen molar-refractivity contribution in [2.45, 2.75) is 31.9 Å². The number of amides is 1. The van der Waals surface area contributed by atoms with Crippen LogP contribution in [0.25, 0.3) is 0 Å². The molecule has 1 aliphatic heterocycles. The van der Waals surface area contributed by atoms with Gasteiger partial charge in [0.05, 0.1) is 11.9 Å². The highest BCUT2D eigenvalue weighted by molar-refractivity contribution is 5.92. The van der Waals surface area contributed by atoms with Gasteiger partial charge in [-0.3, -0.25) is 15.1 Å². The van der Waals surface area contributed by atoms with Crippen LogP contribution in [0.5, 0.6) is 0 Å². The Hall–Kier alpha value is -1.37. The Bertz CT molecular complexity index is 428. The average molecular weight is 253 g/mol. The molecular formula is C12H19N3O3. The second-order valence-electron chi connectivity index (χ2n) is 5.06. The Labute approximate surface area is 106 Å². The van der Waals surface area contributed by atoms with Crippen LogP contribution in [0.4, 0.5) is 0 Å². The van der Waals surface area contributed by atoms with Crippen molar-refractivity contribution >= 4 is 5.91 Å². The number of piperidine rings is 1. The zero-order valence-electron chi connectivity index (χ0n) is 10.5. The molecule has 0 spiro atoms. The lowest BCUT2D eigenvalue weighted by molar-refractivity contribution is -0.0182. The van der Waals surface area contributed by atoms with Crippen LogP contribution in [-0.4, -0.2) is 34.6 Å². The summed E-state index contributed by atoms with van der Waals surface area (Å²) < 4.78 is 5.13. The molecule has 4 N–H and O–H groups in total. The van der Waals surface area contributed by atoms with Gasteiger partial charge in [-0.05, 0) is 32.4 Å². The quantitative estimate of drug-likeness (QED) is 0.407. The topological polar surface area (TPSA) is 91.7 Å². The van der Waals surface area contributed by atoms with Gasteiger partial charge in [0, 0.05) is 18.7 Å². The predicted molar refractivity (Wildman–Crippen MR) is 65.5 cm³/mol. The third-order valence-electron chi connectivity index (χ3n) is 3.23. The van der Waals surface area contributed by atoms with Crippen LogP contribution in [0.3, 0.4) is 0 Å². The number of hydrazine groups is 1. The van der Waals surface area contributed by atoms with Gasteiger partial charge in [-0.15, -0.1) is 0 Å². The van der Waals surface area contributed by atoms with Gasteiger partial charge >= 0.3 is 5.91 Å². The van der Waals surface area contributed by atoms with Crippen LogP contribution >= 0.6 is 0 Å². The largest absolute Gasteiger partial charge is 0.459 e. The number of rotatable bonds is 3. The Morgan fingerprint density at radius 3 is 3.17 bits per heavy atom. The number of nitrogens with two attached hydrogens (primary N) is 1. The number of carbonyl (C=O) groups excluding carboxylic acids is 1. The number of β-amino-alcohol motifs (C(OH)–C–C–N with tert-alkyl or cyclic N) is 1. The third kappa shape index (κ3) is 2.90. The summed E-state index contributed by atoms with van der Waals surface area (Å²) in [5.41, 5.74) is 2.19. The van der Waals surface area contributed by atoms with E-state index in [1.807, 2.05) is 6.92 Å². The molecule has 1 aromatic rings. The smallest absolute Gasteiger partial charge is 0.301 e. The van der Waals surface area contributed by atoms with Gasteiger partial charge < -0.3 is 9.52 Å². The second-order valence-corrected chi connectivity index (χ2v) is 5.06. The fourth-order valence-corrected chi connectivity index (χ4v) is 2.42. The minimum atomic E-state index is -0.654. The number of aliphatic hydroxyl groups is 1. The van der Waals surface area contributed by atoms with Crippen molar-refractivity contribution < 1.29 is 14.3 Å². The number of hydrogen-bond acceptors (Lipinski definition) is 5. The summed E-state index contributed by atoms with van der Waals surface area (Å²) in [5.74, 6) is 4.90. The highest BCUT2D eigenvalue weighted by atomic mass is 16.3. The molecule has 2 rings (SSSR count). The molecule has 0 saturated carbocycles. The first-order valence-electron chi connectivity index (χ1n) is 6.04. The van der Waals surface area contributed by atoms with E-state index < -0.39 is 11.5 Å². The number of nitrogens with one attached hydrogen (secondary N) is 1. The molecule has 1 aliphatic rings. The molecule has 1 fully saturated rings. The lowest BCUT2D eigenvalue weighted by Crippen LogP contribution is -2.45. The van der Waals surface area contributed by atoms with Crippen molar-refractivity contribution in [3.05, 3.63) is 23.7 Å². The van der Waals surface area contributed by atoms with E-state index in [0.29, 0.717) is 13.1 Å². The van der Waals surface area contributed by atoms with Gasteiger partial charge in [0.15, 0.2) is 5.76 Å². The van der Waals surface area contributed by atoms with Crippen molar-refractivity contribution in [1.29, 1.82) is 0 Å². The first-order chi connectivity index (χ1) is 8.52. The maximum atomic E-state index is 11.5. The van der Waals surface area contributed by atoms with E-state index in [4.69, 9.17) is 10.3 Å². The van der Waals surface area contributed by atoms with Gasteiger partial charge in [-0.1, -0.05) is 0 Å². The zero-order chi connectivity index (χ0) is 13.2. The molecule has 0 aromatic carbocycles. The summed E-state index contributed by atoms with van der Waals surface area (Å²) in [6.07, 6.45) is 3.23. The van der Waals surface area contributed by atoms with Gasteiger partial charge in [0.25, 0.3) is 0 Å². The van der Waals surface area contributed by atoms with E-state index in [1.165, 1.54) is 6.26 Å². The molecule has 6 nitrogen and oxygen atoms in total. The van der Waals surface area contributed by atoms with E-state index in [-0.39, 0.29) is 5.76 Å². The maximum absolute atomic E-state index is 11.5. The van der Waals surface area contributed by atoms with Crippen LogP contribution in [0.2, 0.25) is 0 Å². The van der Waals surface area contributed by atoms with Crippen LogP contribution in [-0.2, 0) is 6.54 Å². The Morgan fingerprint density at radius 1 is 1.72 bits per heavy atom. The molecule has 1 unspecified atom stereocenters. The summed E-state index contributed by atoms with van der Waals surface area (Å²) in [5, 5.41) is 10.0. The minimum Gasteiger partial charge on any atom is -0.459 e. The lowest BCUT2D eigenvalue weighted by Gasteiger charge is -2.36. The minimum absolute atomic E-state index is 0.239. The van der Waals surface area contributed by atoms with E-state index >= 15 is 0 Å². The first-order valence-corrected chi connectivity index (χ1v) is 6.04. The Balaban J connectivity index is 2.05. The number of nitrogens with zero attached hydrogens (tertiary/aromatic N) is 1. The van der Waals surface area contributed by atoms with Crippen LogP contribution in [0, 0.1) is 0 Å². The van der Waals surface area contributed by atoms with E-state index in [0.717, 1.165) is 24.9 Å². The lowest BCUT2D eigenvalue weighted by atomic mass is 9.95. The molecular weight excluding hydrogens is 234 g/mol. The highest BCUT2D eigenvalue weighted by Crippen LogP contribution is 2.23. The Kier molecular flexibility index (Phi) is 3.70. The van der Waals surface area contributed by atoms with E-state index in [9.17, 15) is 9.90 Å². The Morgan fingerprint density at radius 2 is 2.50 bits per heavy atom. The fraction of sp³-hybridized carbons (Fsp3) is 0.583. The van der Waals surface area contributed by atoms with Gasteiger partial charge in [-0.25, -0.2) is 5.84 Å². The van der Waals surface area contributed by atoms with Crippen molar-refractivity contribution in [3.8, 4) is 0 Å². The molecule has 1 atom stereocenters. The number of furan rings is 1. The van der Waals surface area contributed by atoms with Crippen LogP contribution < -0.4 is 11.3 Å². The van der Waals surface area contributed by atoms with Crippen molar-refractivity contribution in [2.24, 2.45) is 5.84 Å². The number of carbonyl (C=O) groups is 1. The average Bonchev–Trinajstić information content (AvgIpc) is 2.75. The van der Waals surface area contributed by atoms with Crippen LogP contribution in [0.1, 0.15) is 35.9 Å². The molecule has 1 saturated heterocycles. The molecule has 6 heteroatoms. The second kappa shape index (κ2) is 5.09. The van der Waals surface area contributed by atoms with Crippen molar-refractivity contribution in [2.75, 3.05) is 13.1 Å². The maximum Gasteiger partial charge on any atom is 0.301 e. The summed E-state index contributed by atoms with van der Waals surface area (Å²) in [6.45, 7) is 3.92. The number of hydrogen-bond donors (Lipinski definition) is 3. The van der Waals surface area contributed by atoms with Crippen molar-refractivity contribution in [3.63, 3.8) is 0 Å². The van der Waals surface area contributed by atoms with E-state index in [1.54, 1.807) is 6.07 Å². The molecule has 0 aliphatic carbocycles. The normalized spacial score (nSPS) is 25.1. The molecule has 1 aromatic heterocycles. The molecule has 18 heavy (non-hydrogen) atoms. The van der Waals surface area contributed by atoms with E-state index in [2.05, 4.69) is 10.3 Å². The summed E-state index contributed by atoms with van der Waals surface area (Å²) in [6, 6.07) is 1.76. The molecule has 1 amide bonds.